The lowest BCUT2D eigenvalue weighted by molar-refractivity contribution is -0.385. The molecule has 1 aromatic carbocycles. The minimum Gasteiger partial charge on any atom is -0.444 e. The summed E-state index contributed by atoms with van der Waals surface area (Å²) in [7, 11) is 0. The molecule has 0 bridgehead atoms. The van der Waals surface area contributed by atoms with E-state index in [-0.39, 0.29) is 11.6 Å². The lowest BCUT2D eigenvalue weighted by atomic mass is 9.75. The Morgan fingerprint density at radius 1 is 1.46 bits per heavy atom. The van der Waals surface area contributed by atoms with Gasteiger partial charge >= 0.3 is 6.09 Å². The minimum atomic E-state index is -0.760. The van der Waals surface area contributed by atoms with Crippen molar-refractivity contribution in [2.75, 3.05) is 19.0 Å². The molecular formula is C19H25N3O5S. The zero-order valence-corrected chi connectivity index (χ0v) is 17.3. The van der Waals surface area contributed by atoms with Crippen LogP contribution in [0.1, 0.15) is 38.3 Å². The van der Waals surface area contributed by atoms with Gasteiger partial charge < -0.3 is 9.47 Å². The predicted octanol–water partition coefficient (Wildman–Crippen LogP) is 3.76. The zero-order chi connectivity index (χ0) is 20.5. The molecule has 1 saturated heterocycles. The van der Waals surface area contributed by atoms with Crippen LogP contribution in [0.5, 0.6) is 0 Å². The van der Waals surface area contributed by atoms with E-state index in [1.807, 2.05) is 6.92 Å². The maximum Gasteiger partial charge on any atom is 0.413 e. The molecule has 1 amide bonds. The van der Waals surface area contributed by atoms with Gasteiger partial charge in [0, 0.05) is 30.4 Å². The molecule has 0 unspecified atom stereocenters. The van der Waals surface area contributed by atoms with Gasteiger partial charge in [-0.3, -0.25) is 15.4 Å². The van der Waals surface area contributed by atoms with Crippen molar-refractivity contribution in [1.82, 2.24) is 5.32 Å². The highest BCUT2D eigenvalue weighted by molar-refractivity contribution is 8.13. The van der Waals surface area contributed by atoms with Crippen molar-refractivity contribution in [3.63, 3.8) is 0 Å². The number of aliphatic imine (C=N–C) groups is 1. The van der Waals surface area contributed by atoms with Crippen LogP contribution in [-0.2, 0) is 15.0 Å². The molecule has 1 aromatic rings. The average Bonchev–Trinajstić information content (AvgIpc) is 2.59. The molecule has 0 aromatic heterocycles. The van der Waals surface area contributed by atoms with Crippen LogP contribution in [-0.4, -0.2) is 40.8 Å². The van der Waals surface area contributed by atoms with Crippen molar-refractivity contribution in [1.29, 1.82) is 0 Å². The van der Waals surface area contributed by atoms with Crippen molar-refractivity contribution in [3.8, 4) is 0 Å². The van der Waals surface area contributed by atoms with E-state index in [0.29, 0.717) is 18.4 Å². The van der Waals surface area contributed by atoms with E-state index >= 15 is 0 Å². The van der Waals surface area contributed by atoms with Crippen molar-refractivity contribution >= 4 is 28.7 Å². The first-order valence-corrected chi connectivity index (χ1v) is 10.2. The van der Waals surface area contributed by atoms with Gasteiger partial charge in [-0.1, -0.05) is 17.8 Å². The number of non-ortho nitro benzene ring substituents is 1. The fraction of sp³-hybridized carbons (Fsp3) is 0.579. The highest BCUT2D eigenvalue weighted by Gasteiger charge is 2.47. The number of amides is 1. The molecule has 1 fully saturated rings. The number of alkyl carbamates (subject to hydrolysis) is 1. The third kappa shape index (κ3) is 4.30. The van der Waals surface area contributed by atoms with Crippen molar-refractivity contribution in [3.05, 3.63) is 39.4 Å². The van der Waals surface area contributed by atoms with Gasteiger partial charge in [-0.05, 0) is 45.2 Å². The van der Waals surface area contributed by atoms with Crippen LogP contribution in [0, 0.1) is 23.0 Å². The van der Waals surface area contributed by atoms with E-state index < -0.39 is 22.2 Å². The lowest BCUT2D eigenvalue weighted by Crippen LogP contribution is -2.49. The molecule has 0 aliphatic carbocycles. The molecule has 1 N–H and O–H groups in total. The quantitative estimate of drug-likeness (QED) is 0.591. The Bertz CT molecular complexity index is 820. The van der Waals surface area contributed by atoms with E-state index in [2.05, 4.69) is 5.32 Å². The summed E-state index contributed by atoms with van der Waals surface area (Å²) >= 11 is 1.46. The Balaban J connectivity index is 2.00. The van der Waals surface area contributed by atoms with Gasteiger partial charge in [0.2, 0.25) is 0 Å². The molecule has 0 saturated carbocycles. The van der Waals surface area contributed by atoms with Crippen molar-refractivity contribution in [2.45, 2.75) is 45.3 Å². The Morgan fingerprint density at radius 2 is 2.21 bits per heavy atom. The summed E-state index contributed by atoms with van der Waals surface area (Å²) in [5, 5.41) is 14.5. The van der Waals surface area contributed by atoms with E-state index in [0.717, 1.165) is 23.3 Å². The third-order valence-electron chi connectivity index (χ3n) is 4.84. The van der Waals surface area contributed by atoms with Crippen LogP contribution in [0.3, 0.4) is 0 Å². The van der Waals surface area contributed by atoms with Crippen LogP contribution in [0.25, 0.3) is 0 Å². The van der Waals surface area contributed by atoms with Gasteiger partial charge in [0.25, 0.3) is 5.69 Å². The number of amidine groups is 1. The number of hydrogen-bond donors (Lipinski definition) is 1. The molecule has 152 valence electrons. The van der Waals surface area contributed by atoms with Crippen LogP contribution in [0.15, 0.2) is 23.2 Å². The van der Waals surface area contributed by atoms with E-state index in [4.69, 9.17) is 14.5 Å². The van der Waals surface area contributed by atoms with E-state index in [1.165, 1.54) is 17.8 Å². The van der Waals surface area contributed by atoms with Gasteiger partial charge in [0.1, 0.15) is 11.1 Å². The van der Waals surface area contributed by atoms with Gasteiger partial charge in [-0.2, -0.15) is 0 Å². The number of carbonyl (C=O) groups is 1. The fourth-order valence-corrected chi connectivity index (χ4v) is 4.73. The number of aryl methyl sites for hydroxylation is 1. The second-order valence-electron chi connectivity index (χ2n) is 8.07. The number of nitro benzene ring substituents is 1. The number of hydrogen-bond acceptors (Lipinski definition) is 7. The maximum atomic E-state index is 12.2. The smallest absolute Gasteiger partial charge is 0.413 e. The van der Waals surface area contributed by atoms with E-state index in [9.17, 15) is 14.9 Å². The number of thioether (sulfide) groups is 1. The summed E-state index contributed by atoms with van der Waals surface area (Å²) in [5.74, 6) is 0.899. The largest absolute Gasteiger partial charge is 0.444 e. The summed E-state index contributed by atoms with van der Waals surface area (Å²) < 4.78 is 11.1. The van der Waals surface area contributed by atoms with Gasteiger partial charge in [0.05, 0.1) is 11.5 Å². The highest BCUT2D eigenvalue weighted by atomic mass is 32.2. The first-order chi connectivity index (χ1) is 13.1. The number of nitrogens with one attached hydrogen (secondary N) is 1. The van der Waals surface area contributed by atoms with Crippen molar-refractivity contribution < 1.29 is 19.2 Å². The Hall–Kier alpha value is -2.13. The van der Waals surface area contributed by atoms with Crippen LogP contribution in [0.2, 0.25) is 0 Å². The number of rotatable bonds is 2. The molecule has 8 nitrogen and oxygen atoms in total. The van der Waals surface area contributed by atoms with Crippen LogP contribution in [0.4, 0.5) is 10.5 Å². The second kappa shape index (κ2) is 7.71. The SMILES string of the molecule is Cc1ccc([N+](=O)[O-])cc1[C@]12COCC[C@H]1CSC(NC(=O)OC(C)(C)C)=N2. The average molecular weight is 407 g/mol. The molecule has 3 rings (SSSR count). The standard InChI is InChI=1S/C19H25N3O5S/c1-12-5-6-14(22(24)25)9-15(12)19-11-26-8-7-13(19)10-28-16(21-19)20-17(23)27-18(2,3)4/h5-6,9,13H,7-8,10-11H2,1-4H3,(H,20,21,23)/t13-,19-/m0/s1. The first kappa shape index (κ1) is 20.6. The molecule has 2 aliphatic rings. The number of nitro groups is 1. The summed E-state index contributed by atoms with van der Waals surface area (Å²) in [6.07, 6.45) is 0.234. The van der Waals surface area contributed by atoms with Gasteiger partial charge in [0.15, 0.2) is 5.17 Å². The van der Waals surface area contributed by atoms with Crippen molar-refractivity contribution in [2.24, 2.45) is 10.9 Å². The Labute approximate surface area is 168 Å². The molecule has 28 heavy (non-hydrogen) atoms. The number of nitrogens with zero attached hydrogens (tertiary/aromatic N) is 2. The molecule has 2 aliphatic heterocycles. The fourth-order valence-electron chi connectivity index (χ4n) is 3.55. The molecule has 2 heterocycles. The summed E-state index contributed by atoms with van der Waals surface area (Å²) in [6.45, 7) is 8.24. The van der Waals surface area contributed by atoms with Gasteiger partial charge in [-0.15, -0.1) is 0 Å². The second-order valence-corrected chi connectivity index (χ2v) is 9.08. The number of ether oxygens (including phenoxy) is 2. The van der Waals surface area contributed by atoms with Gasteiger partial charge in [-0.25, -0.2) is 9.79 Å². The highest BCUT2D eigenvalue weighted by Crippen LogP contribution is 2.46. The Morgan fingerprint density at radius 3 is 2.89 bits per heavy atom. The predicted molar refractivity (Wildman–Crippen MR) is 108 cm³/mol. The third-order valence-corrected chi connectivity index (χ3v) is 5.87. The van der Waals surface area contributed by atoms with E-state index in [1.54, 1.807) is 32.9 Å². The van der Waals surface area contributed by atoms with Crippen LogP contribution < -0.4 is 5.32 Å². The molecule has 0 spiro atoms. The monoisotopic (exact) mass is 407 g/mol. The Kier molecular flexibility index (Phi) is 5.67. The normalized spacial score (nSPS) is 24.7. The lowest BCUT2D eigenvalue weighted by Gasteiger charge is -2.44. The number of benzene rings is 1. The topological polar surface area (TPSA) is 103 Å². The summed E-state index contributed by atoms with van der Waals surface area (Å²) in [6, 6.07) is 4.82. The van der Waals surface area contributed by atoms with Crippen LogP contribution >= 0.6 is 11.8 Å². The maximum absolute atomic E-state index is 12.2. The number of carbonyl (C=O) groups excluding carboxylic acids is 1. The number of fused-ring (bicyclic) bond motifs is 1. The molecule has 9 heteroatoms. The minimum absolute atomic E-state index is 0.0226. The molecular weight excluding hydrogens is 382 g/mol. The summed E-state index contributed by atoms with van der Waals surface area (Å²) in [4.78, 5) is 28.0. The molecule has 2 atom stereocenters. The first-order valence-electron chi connectivity index (χ1n) is 9.17. The molecule has 0 radical (unpaired) electrons. The zero-order valence-electron chi connectivity index (χ0n) is 16.5. The summed E-state index contributed by atoms with van der Waals surface area (Å²) in [5.41, 5.74) is 0.330.